The van der Waals surface area contributed by atoms with E-state index in [9.17, 15) is 19.2 Å². The maximum Gasteiger partial charge on any atom is 0.336 e. The van der Waals surface area contributed by atoms with Crippen LogP contribution in [0.5, 0.6) is 0 Å². The molecule has 8 nitrogen and oxygen atoms in total. The van der Waals surface area contributed by atoms with E-state index in [1.807, 2.05) is 0 Å². The van der Waals surface area contributed by atoms with Crippen LogP contribution in [0.1, 0.15) is 23.0 Å². The number of Topliss-reactive ketones (excluding diaryl/α,β-unsaturated/α-hetero) is 1. The Labute approximate surface area is 193 Å². The highest BCUT2D eigenvalue weighted by Crippen LogP contribution is 2.17. The van der Waals surface area contributed by atoms with Gasteiger partial charge in [-0.2, -0.15) is 0 Å². The van der Waals surface area contributed by atoms with Crippen LogP contribution in [0.2, 0.25) is 5.02 Å². The van der Waals surface area contributed by atoms with Crippen molar-refractivity contribution >= 4 is 34.2 Å². The number of ketones is 1. The summed E-state index contributed by atoms with van der Waals surface area (Å²) in [5, 5.41) is 3.26. The summed E-state index contributed by atoms with van der Waals surface area (Å²) in [6, 6.07) is 16.1. The van der Waals surface area contributed by atoms with Gasteiger partial charge in [0.2, 0.25) is 5.91 Å². The Hall–Kier alpha value is -4.04. The van der Waals surface area contributed by atoms with Gasteiger partial charge < -0.3 is 5.32 Å². The standard InChI is InChI=1S/C24H19ClN4O4/c1-15(30)16-5-4-7-19(11-16)29-23(32)20-9-8-17(25)12-21(20)28(24(29)33)14-22(31)27-13-18-6-2-3-10-26-18/h2-12H,13-14H2,1H3,(H,27,31). The van der Waals surface area contributed by atoms with Crippen molar-refractivity contribution in [3.05, 3.63) is 104 Å². The summed E-state index contributed by atoms with van der Waals surface area (Å²) < 4.78 is 2.14. The summed E-state index contributed by atoms with van der Waals surface area (Å²) in [7, 11) is 0. The molecule has 4 aromatic rings. The normalized spacial score (nSPS) is 10.8. The number of carbonyl (C=O) groups is 2. The van der Waals surface area contributed by atoms with Crippen LogP contribution in [-0.4, -0.2) is 25.8 Å². The average molecular weight is 463 g/mol. The number of halogens is 1. The maximum absolute atomic E-state index is 13.4. The quantitative estimate of drug-likeness (QED) is 0.444. The molecular formula is C24H19ClN4O4. The number of rotatable bonds is 6. The summed E-state index contributed by atoms with van der Waals surface area (Å²) in [5.41, 5.74) is 0.203. The molecule has 0 radical (unpaired) electrons. The van der Waals surface area contributed by atoms with E-state index >= 15 is 0 Å². The lowest BCUT2D eigenvalue weighted by atomic mass is 10.1. The van der Waals surface area contributed by atoms with Crippen LogP contribution in [0.25, 0.3) is 16.6 Å². The average Bonchev–Trinajstić information content (AvgIpc) is 2.81. The summed E-state index contributed by atoms with van der Waals surface area (Å²) in [6.07, 6.45) is 1.62. The van der Waals surface area contributed by atoms with Crippen LogP contribution in [0.4, 0.5) is 0 Å². The minimum absolute atomic E-state index is 0.188. The highest BCUT2D eigenvalue weighted by atomic mass is 35.5. The van der Waals surface area contributed by atoms with Gasteiger partial charge in [-0.15, -0.1) is 0 Å². The number of carbonyl (C=O) groups excluding carboxylic acids is 2. The van der Waals surface area contributed by atoms with E-state index in [4.69, 9.17) is 11.6 Å². The molecule has 0 aliphatic rings. The Kier molecular flexibility index (Phi) is 6.19. The molecule has 1 amide bonds. The number of nitrogens with zero attached hydrogens (tertiary/aromatic N) is 3. The molecule has 1 N–H and O–H groups in total. The SMILES string of the molecule is CC(=O)c1cccc(-n2c(=O)c3ccc(Cl)cc3n(CC(=O)NCc3ccccn3)c2=O)c1. The molecular weight excluding hydrogens is 444 g/mol. The molecule has 33 heavy (non-hydrogen) atoms. The van der Waals surface area contributed by atoms with Crippen molar-refractivity contribution in [2.24, 2.45) is 0 Å². The molecule has 0 atom stereocenters. The molecule has 0 saturated heterocycles. The van der Waals surface area contributed by atoms with E-state index in [1.165, 1.54) is 35.8 Å². The van der Waals surface area contributed by atoms with Crippen molar-refractivity contribution in [1.29, 1.82) is 0 Å². The van der Waals surface area contributed by atoms with Crippen molar-refractivity contribution in [2.45, 2.75) is 20.0 Å². The van der Waals surface area contributed by atoms with E-state index in [1.54, 1.807) is 42.6 Å². The second kappa shape index (κ2) is 9.22. The molecule has 0 fully saturated rings. The second-order valence-corrected chi connectivity index (χ2v) is 7.81. The molecule has 0 saturated carbocycles. The van der Waals surface area contributed by atoms with Crippen LogP contribution >= 0.6 is 11.6 Å². The molecule has 9 heteroatoms. The summed E-state index contributed by atoms with van der Waals surface area (Å²) in [5.74, 6) is -0.640. The number of aromatic nitrogens is 3. The number of nitrogens with one attached hydrogen (secondary N) is 1. The van der Waals surface area contributed by atoms with Crippen molar-refractivity contribution < 1.29 is 9.59 Å². The first kappa shape index (κ1) is 22.2. The second-order valence-electron chi connectivity index (χ2n) is 7.38. The lowest BCUT2D eigenvalue weighted by Crippen LogP contribution is -2.41. The Balaban J connectivity index is 1.81. The van der Waals surface area contributed by atoms with Crippen molar-refractivity contribution in [3.8, 4) is 5.69 Å². The predicted octanol–water partition coefficient (Wildman–Crippen LogP) is 2.72. The minimum atomic E-state index is -0.719. The number of hydrogen-bond donors (Lipinski definition) is 1. The summed E-state index contributed by atoms with van der Waals surface area (Å²) in [4.78, 5) is 55.3. The zero-order valence-corrected chi connectivity index (χ0v) is 18.4. The Morgan fingerprint density at radius 2 is 1.85 bits per heavy atom. The smallest absolute Gasteiger partial charge is 0.336 e. The van der Waals surface area contributed by atoms with Gasteiger partial charge in [0.05, 0.1) is 28.8 Å². The minimum Gasteiger partial charge on any atom is -0.349 e. The number of pyridine rings is 1. The zero-order chi connectivity index (χ0) is 23.5. The first-order valence-electron chi connectivity index (χ1n) is 10.1. The predicted molar refractivity (Wildman–Crippen MR) is 125 cm³/mol. The van der Waals surface area contributed by atoms with Crippen molar-refractivity contribution in [2.75, 3.05) is 0 Å². The maximum atomic E-state index is 13.4. The number of benzene rings is 2. The Morgan fingerprint density at radius 1 is 1.03 bits per heavy atom. The molecule has 0 spiro atoms. The van der Waals surface area contributed by atoms with E-state index in [-0.39, 0.29) is 35.5 Å². The molecule has 0 aliphatic carbocycles. The van der Waals surface area contributed by atoms with E-state index < -0.39 is 17.2 Å². The zero-order valence-electron chi connectivity index (χ0n) is 17.6. The fourth-order valence-corrected chi connectivity index (χ4v) is 3.64. The van der Waals surface area contributed by atoms with Gasteiger partial charge in [-0.25, -0.2) is 9.36 Å². The van der Waals surface area contributed by atoms with E-state index in [2.05, 4.69) is 10.3 Å². The third kappa shape index (κ3) is 4.61. The van der Waals surface area contributed by atoms with E-state index in [0.29, 0.717) is 16.3 Å². The van der Waals surface area contributed by atoms with Gasteiger partial charge in [-0.1, -0.05) is 29.8 Å². The van der Waals surface area contributed by atoms with E-state index in [0.717, 1.165) is 4.57 Å². The third-order valence-electron chi connectivity index (χ3n) is 5.11. The van der Waals surface area contributed by atoms with Crippen molar-refractivity contribution in [1.82, 2.24) is 19.4 Å². The number of amides is 1. The number of fused-ring (bicyclic) bond motifs is 1. The molecule has 0 unspecified atom stereocenters. The molecule has 2 heterocycles. The van der Waals surface area contributed by atoms with Crippen molar-refractivity contribution in [3.63, 3.8) is 0 Å². The molecule has 0 bridgehead atoms. The van der Waals surface area contributed by atoms with Crippen LogP contribution in [0, 0.1) is 0 Å². The van der Waals surface area contributed by atoms with Crippen LogP contribution in [-0.2, 0) is 17.9 Å². The van der Waals surface area contributed by atoms with Gasteiger partial charge in [0.15, 0.2) is 5.78 Å². The molecule has 0 aliphatic heterocycles. The van der Waals surface area contributed by atoms with Crippen LogP contribution in [0.15, 0.2) is 76.4 Å². The summed E-state index contributed by atoms with van der Waals surface area (Å²) in [6.45, 7) is 1.25. The fourth-order valence-electron chi connectivity index (χ4n) is 3.48. The molecule has 4 rings (SSSR count). The highest BCUT2D eigenvalue weighted by molar-refractivity contribution is 6.31. The Bertz CT molecular complexity index is 1490. The molecule has 2 aromatic heterocycles. The topological polar surface area (TPSA) is 103 Å². The lowest BCUT2D eigenvalue weighted by molar-refractivity contribution is -0.121. The summed E-state index contributed by atoms with van der Waals surface area (Å²) >= 11 is 6.11. The first-order valence-corrected chi connectivity index (χ1v) is 10.5. The van der Waals surface area contributed by atoms with Gasteiger partial charge in [-0.3, -0.25) is 23.9 Å². The van der Waals surface area contributed by atoms with Gasteiger partial charge in [-0.05, 0) is 49.4 Å². The highest BCUT2D eigenvalue weighted by Gasteiger charge is 2.17. The fraction of sp³-hybridized carbons (Fsp3) is 0.125. The molecule has 2 aromatic carbocycles. The van der Waals surface area contributed by atoms with Gasteiger partial charge in [0.25, 0.3) is 5.56 Å². The lowest BCUT2D eigenvalue weighted by Gasteiger charge is -2.15. The van der Waals surface area contributed by atoms with Gasteiger partial charge >= 0.3 is 5.69 Å². The first-order chi connectivity index (χ1) is 15.8. The molecule has 166 valence electrons. The van der Waals surface area contributed by atoms with Crippen LogP contribution in [0.3, 0.4) is 0 Å². The van der Waals surface area contributed by atoms with Gasteiger partial charge in [0, 0.05) is 16.8 Å². The monoisotopic (exact) mass is 462 g/mol. The number of hydrogen-bond acceptors (Lipinski definition) is 5. The largest absolute Gasteiger partial charge is 0.349 e. The van der Waals surface area contributed by atoms with Crippen LogP contribution < -0.4 is 16.6 Å². The third-order valence-corrected chi connectivity index (χ3v) is 5.35. The Morgan fingerprint density at radius 3 is 2.58 bits per heavy atom. The van der Waals surface area contributed by atoms with Gasteiger partial charge in [0.1, 0.15) is 6.54 Å².